The molecule has 2 atom stereocenters. The fourth-order valence-electron chi connectivity index (χ4n) is 2.91. The van der Waals surface area contributed by atoms with Crippen molar-refractivity contribution in [2.45, 2.75) is 44.5 Å². The molecule has 30 heavy (non-hydrogen) atoms. The molecule has 158 valence electrons. The lowest BCUT2D eigenvalue weighted by Crippen LogP contribution is -2.25. The van der Waals surface area contributed by atoms with Crippen LogP contribution in [0.25, 0.3) is 0 Å². The fourth-order valence-corrected chi connectivity index (χ4v) is 3.77. The van der Waals surface area contributed by atoms with Crippen LogP contribution >= 0.6 is 11.8 Å². The van der Waals surface area contributed by atoms with Crippen molar-refractivity contribution in [3.63, 3.8) is 0 Å². The van der Waals surface area contributed by atoms with Crippen LogP contribution in [-0.4, -0.2) is 34.0 Å². The highest BCUT2D eigenvalue weighted by molar-refractivity contribution is 8.15. The number of nitrogens with zero attached hydrogens (tertiary/aromatic N) is 1. The first-order valence-corrected chi connectivity index (χ1v) is 10.7. The smallest absolute Gasteiger partial charge is 0.306 e. The van der Waals surface area contributed by atoms with E-state index < -0.39 is 0 Å². The number of ether oxygens (including phenoxy) is 2. The molecule has 1 aromatic carbocycles. The SMILES string of the molecule is CCC(=O)OC(C)c1ccc(CCOc2ccc(C[C@H]3SC(=O)NC3=O)cc2)nc1. The summed E-state index contributed by atoms with van der Waals surface area (Å²) in [6.45, 7) is 4.06. The molecule has 0 aliphatic carbocycles. The van der Waals surface area contributed by atoms with Gasteiger partial charge < -0.3 is 9.47 Å². The third-order valence-corrected chi connectivity index (χ3v) is 5.63. The molecule has 0 saturated carbocycles. The highest BCUT2D eigenvalue weighted by Crippen LogP contribution is 2.24. The second-order valence-corrected chi connectivity index (χ2v) is 8.07. The third kappa shape index (κ3) is 6.06. The Hall–Kier alpha value is -2.87. The monoisotopic (exact) mass is 428 g/mol. The van der Waals surface area contributed by atoms with E-state index >= 15 is 0 Å². The van der Waals surface area contributed by atoms with E-state index in [4.69, 9.17) is 9.47 Å². The van der Waals surface area contributed by atoms with Gasteiger partial charge in [-0.3, -0.25) is 24.7 Å². The van der Waals surface area contributed by atoms with E-state index in [0.29, 0.717) is 25.9 Å². The fraction of sp³-hybridized carbons (Fsp3) is 0.364. The van der Waals surface area contributed by atoms with E-state index in [0.717, 1.165) is 34.3 Å². The van der Waals surface area contributed by atoms with Crippen LogP contribution in [-0.2, 0) is 27.2 Å². The normalized spacial score (nSPS) is 16.8. The van der Waals surface area contributed by atoms with Gasteiger partial charge in [0.05, 0.1) is 11.9 Å². The minimum absolute atomic E-state index is 0.232. The molecule has 8 heteroatoms. The number of hydrogen-bond donors (Lipinski definition) is 1. The zero-order valence-corrected chi connectivity index (χ0v) is 17.7. The van der Waals surface area contributed by atoms with Crippen molar-refractivity contribution in [1.29, 1.82) is 0 Å². The first-order chi connectivity index (χ1) is 14.4. The summed E-state index contributed by atoms with van der Waals surface area (Å²) in [7, 11) is 0. The van der Waals surface area contributed by atoms with Gasteiger partial charge in [0, 0.05) is 30.3 Å². The van der Waals surface area contributed by atoms with Crippen LogP contribution in [0.5, 0.6) is 5.75 Å². The van der Waals surface area contributed by atoms with Gasteiger partial charge in [-0.25, -0.2) is 0 Å². The van der Waals surface area contributed by atoms with Crippen LogP contribution in [0.2, 0.25) is 0 Å². The number of esters is 1. The molecule has 3 rings (SSSR count). The summed E-state index contributed by atoms with van der Waals surface area (Å²) < 4.78 is 11.1. The molecule has 1 N–H and O–H groups in total. The van der Waals surface area contributed by atoms with Crippen molar-refractivity contribution in [1.82, 2.24) is 10.3 Å². The topological polar surface area (TPSA) is 94.6 Å². The lowest BCUT2D eigenvalue weighted by atomic mass is 10.1. The zero-order valence-electron chi connectivity index (χ0n) is 16.9. The van der Waals surface area contributed by atoms with Gasteiger partial charge in [0.25, 0.3) is 5.24 Å². The molecule has 0 radical (unpaired) electrons. The Morgan fingerprint density at radius 3 is 2.57 bits per heavy atom. The number of carbonyl (C=O) groups excluding carboxylic acids is 3. The number of hydrogen-bond acceptors (Lipinski definition) is 7. The van der Waals surface area contributed by atoms with Gasteiger partial charge in [-0.05, 0) is 37.1 Å². The average molecular weight is 429 g/mol. The molecule has 7 nitrogen and oxygen atoms in total. The maximum Gasteiger partial charge on any atom is 0.306 e. The molecule has 0 bridgehead atoms. The Balaban J connectivity index is 1.44. The van der Waals surface area contributed by atoms with Crippen LogP contribution in [0.1, 0.15) is 43.2 Å². The number of nitrogens with one attached hydrogen (secondary N) is 1. The quantitative estimate of drug-likeness (QED) is 0.610. The Morgan fingerprint density at radius 2 is 1.97 bits per heavy atom. The molecule has 1 aliphatic heterocycles. The Kier molecular flexibility index (Phi) is 7.46. The number of aromatic nitrogens is 1. The summed E-state index contributed by atoms with van der Waals surface area (Å²) in [4.78, 5) is 38.7. The van der Waals surface area contributed by atoms with Gasteiger partial charge in [-0.2, -0.15) is 0 Å². The summed E-state index contributed by atoms with van der Waals surface area (Å²) in [5, 5.41) is 1.64. The van der Waals surface area contributed by atoms with Crippen molar-refractivity contribution in [3.8, 4) is 5.75 Å². The molecule has 1 unspecified atom stereocenters. The first-order valence-electron chi connectivity index (χ1n) is 9.82. The Bertz CT molecular complexity index is 899. The molecule has 1 fully saturated rings. The third-order valence-electron chi connectivity index (χ3n) is 4.65. The van der Waals surface area contributed by atoms with Gasteiger partial charge in [-0.15, -0.1) is 0 Å². The first kappa shape index (κ1) is 21.8. The number of amides is 2. The van der Waals surface area contributed by atoms with E-state index in [1.165, 1.54) is 0 Å². The van der Waals surface area contributed by atoms with E-state index in [1.807, 2.05) is 43.3 Å². The average Bonchev–Trinajstić information content (AvgIpc) is 3.06. The molecule has 1 saturated heterocycles. The molecular formula is C22H24N2O5S. The minimum Gasteiger partial charge on any atom is -0.493 e. The van der Waals surface area contributed by atoms with E-state index in [2.05, 4.69) is 10.3 Å². The standard InChI is InChI=1S/C22H24N2O5S/c1-3-20(25)29-14(2)16-6-7-17(23-13-16)10-11-28-18-8-4-15(5-9-18)12-19-21(26)24-22(27)30-19/h4-9,13-14,19H,3,10-12H2,1-2H3,(H,24,26,27)/t14?,19-/m1/s1. The number of imide groups is 1. The number of rotatable bonds is 9. The van der Waals surface area contributed by atoms with E-state index in [-0.39, 0.29) is 28.5 Å². The number of carbonyl (C=O) groups is 3. The molecule has 1 aliphatic rings. The Labute approximate surface area is 179 Å². The van der Waals surface area contributed by atoms with E-state index in [1.54, 1.807) is 13.1 Å². The number of pyridine rings is 1. The molecule has 0 spiro atoms. The van der Waals surface area contributed by atoms with Crippen LogP contribution in [0.3, 0.4) is 0 Å². The lowest BCUT2D eigenvalue weighted by Gasteiger charge is -2.13. The van der Waals surface area contributed by atoms with Gasteiger partial charge in [0.1, 0.15) is 11.9 Å². The second kappa shape index (κ2) is 10.2. The number of thioether (sulfide) groups is 1. The maximum absolute atomic E-state index is 11.6. The van der Waals surface area contributed by atoms with Gasteiger partial charge in [0.2, 0.25) is 5.91 Å². The summed E-state index contributed by atoms with van der Waals surface area (Å²) in [5.74, 6) is 0.265. The van der Waals surface area contributed by atoms with Gasteiger partial charge >= 0.3 is 5.97 Å². The zero-order chi connectivity index (χ0) is 21.5. The van der Waals surface area contributed by atoms with Crippen LogP contribution < -0.4 is 10.1 Å². The predicted molar refractivity (Wildman–Crippen MR) is 113 cm³/mol. The molecule has 2 aromatic rings. The molecule has 1 aromatic heterocycles. The van der Waals surface area contributed by atoms with Gasteiger partial charge in [-0.1, -0.05) is 36.9 Å². The maximum atomic E-state index is 11.6. The van der Waals surface area contributed by atoms with Crippen molar-refractivity contribution >= 4 is 28.9 Å². The highest BCUT2D eigenvalue weighted by atomic mass is 32.2. The predicted octanol–water partition coefficient (Wildman–Crippen LogP) is 3.61. The van der Waals surface area contributed by atoms with Crippen LogP contribution in [0.4, 0.5) is 4.79 Å². The van der Waals surface area contributed by atoms with Crippen molar-refractivity contribution in [3.05, 3.63) is 59.4 Å². The highest BCUT2D eigenvalue weighted by Gasteiger charge is 2.31. The lowest BCUT2D eigenvalue weighted by molar-refractivity contribution is -0.148. The van der Waals surface area contributed by atoms with Crippen LogP contribution in [0.15, 0.2) is 42.6 Å². The molecular weight excluding hydrogens is 404 g/mol. The molecule has 2 amide bonds. The summed E-state index contributed by atoms with van der Waals surface area (Å²) >= 11 is 1.03. The van der Waals surface area contributed by atoms with E-state index in [9.17, 15) is 14.4 Å². The molecule has 2 heterocycles. The largest absolute Gasteiger partial charge is 0.493 e. The Morgan fingerprint density at radius 1 is 1.20 bits per heavy atom. The van der Waals surface area contributed by atoms with Gasteiger partial charge in [0.15, 0.2) is 0 Å². The summed E-state index contributed by atoms with van der Waals surface area (Å²) in [5.41, 5.74) is 2.71. The van der Waals surface area contributed by atoms with Crippen LogP contribution in [0, 0.1) is 0 Å². The second-order valence-electron chi connectivity index (χ2n) is 6.90. The minimum atomic E-state index is -0.369. The van der Waals surface area contributed by atoms with Crippen molar-refractivity contribution < 1.29 is 23.9 Å². The van der Waals surface area contributed by atoms with Crippen molar-refractivity contribution in [2.24, 2.45) is 0 Å². The number of benzene rings is 1. The summed E-state index contributed by atoms with van der Waals surface area (Å²) in [6.07, 6.45) is 2.90. The summed E-state index contributed by atoms with van der Waals surface area (Å²) in [6, 6.07) is 11.3. The van der Waals surface area contributed by atoms with Crippen molar-refractivity contribution in [2.75, 3.05) is 6.61 Å².